The number of rotatable bonds is 9. The van der Waals surface area contributed by atoms with Crippen LogP contribution in [0.5, 0.6) is 11.5 Å². The number of carbonyl (C=O) groups is 1. The van der Waals surface area contributed by atoms with Crippen molar-refractivity contribution in [2.45, 2.75) is 19.4 Å². The van der Waals surface area contributed by atoms with Crippen molar-refractivity contribution in [2.24, 2.45) is 0 Å². The van der Waals surface area contributed by atoms with Crippen molar-refractivity contribution < 1.29 is 14.3 Å². The number of hydrogen-bond acceptors (Lipinski definition) is 5. The van der Waals surface area contributed by atoms with E-state index in [1.54, 1.807) is 54.0 Å². The molecule has 0 aliphatic rings. The SMILES string of the molecule is COc1cc(OC)c(Br)c(-n2c(C(C)N(CCc3ccccc3)C(=O)c3ccccc3)nc3ccccc3c2=O)c1. The number of amides is 1. The molecule has 0 radical (unpaired) electrons. The van der Waals surface area contributed by atoms with E-state index in [0.29, 0.717) is 56.9 Å². The van der Waals surface area contributed by atoms with Gasteiger partial charge in [-0.25, -0.2) is 4.98 Å². The van der Waals surface area contributed by atoms with E-state index >= 15 is 0 Å². The summed E-state index contributed by atoms with van der Waals surface area (Å²) in [4.78, 5) is 34.9. The Hall–Kier alpha value is -4.43. The number of methoxy groups -OCH3 is 2. The van der Waals surface area contributed by atoms with Crippen LogP contribution < -0.4 is 15.0 Å². The van der Waals surface area contributed by atoms with E-state index in [1.165, 1.54) is 0 Å². The summed E-state index contributed by atoms with van der Waals surface area (Å²) in [6.45, 7) is 2.33. The zero-order valence-electron chi connectivity index (χ0n) is 23.1. The smallest absolute Gasteiger partial charge is 0.266 e. The van der Waals surface area contributed by atoms with Gasteiger partial charge in [0.2, 0.25) is 0 Å². The molecule has 0 spiro atoms. The highest BCUT2D eigenvalue weighted by Crippen LogP contribution is 2.37. The maximum absolute atomic E-state index is 14.2. The second kappa shape index (κ2) is 12.4. The Labute approximate surface area is 247 Å². The number of aromatic nitrogens is 2. The highest BCUT2D eigenvalue weighted by molar-refractivity contribution is 9.10. The Bertz CT molecular complexity index is 1740. The summed E-state index contributed by atoms with van der Waals surface area (Å²) in [5.74, 6) is 1.28. The maximum Gasteiger partial charge on any atom is 0.266 e. The first-order valence-corrected chi connectivity index (χ1v) is 14.1. The van der Waals surface area contributed by atoms with Crippen LogP contribution in [0.15, 0.2) is 106 Å². The molecule has 1 unspecified atom stereocenters. The van der Waals surface area contributed by atoms with Crippen LogP contribution in [0, 0.1) is 0 Å². The third-order valence-electron chi connectivity index (χ3n) is 7.10. The lowest BCUT2D eigenvalue weighted by Gasteiger charge is -2.31. The molecular formula is C33H30BrN3O4. The number of para-hydroxylation sites is 1. The second-order valence-corrected chi connectivity index (χ2v) is 10.4. The van der Waals surface area contributed by atoms with Gasteiger partial charge in [-0.2, -0.15) is 0 Å². The third-order valence-corrected chi connectivity index (χ3v) is 7.90. The van der Waals surface area contributed by atoms with Crippen LogP contribution in [-0.2, 0) is 6.42 Å². The summed E-state index contributed by atoms with van der Waals surface area (Å²) in [6, 6.07) is 29.3. The molecule has 0 N–H and O–H groups in total. The lowest BCUT2D eigenvalue weighted by molar-refractivity contribution is 0.0683. The number of fused-ring (bicyclic) bond motifs is 1. The van der Waals surface area contributed by atoms with Gasteiger partial charge >= 0.3 is 0 Å². The summed E-state index contributed by atoms with van der Waals surface area (Å²) >= 11 is 3.64. The second-order valence-electron chi connectivity index (χ2n) is 9.57. The number of hydrogen-bond donors (Lipinski definition) is 0. The molecule has 0 saturated heterocycles. The van der Waals surface area contributed by atoms with Crippen molar-refractivity contribution >= 4 is 32.7 Å². The van der Waals surface area contributed by atoms with Gasteiger partial charge in [-0.15, -0.1) is 0 Å². The van der Waals surface area contributed by atoms with E-state index in [4.69, 9.17) is 14.5 Å². The van der Waals surface area contributed by atoms with Crippen LogP contribution in [0.4, 0.5) is 0 Å². The van der Waals surface area contributed by atoms with Crippen LogP contribution in [0.3, 0.4) is 0 Å². The van der Waals surface area contributed by atoms with Crippen LogP contribution in [0.1, 0.15) is 34.7 Å². The van der Waals surface area contributed by atoms with E-state index in [-0.39, 0.29) is 11.5 Å². The molecule has 0 saturated carbocycles. The van der Waals surface area contributed by atoms with Gasteiger partial charge in [0.25, 0.3) is 11.5 Å². The average molecular weight is 613 g/mol. The molecule has 1 aromatic heterocycles. The first kappa shape index (κ1) is 28.1. The zero-order chi connectivity index (χ0) is 28.9. The van der Waals surface area contributed by atoms with Gasteiger partial charge in [0.15, 0.2) is 0 Å². The molecule has 0 fully saturated rings. The van der Waals surface area contributed by atoms with Crippen molar-refractivity contribution in [1.29, 1.82) is 0 Å². The quantitative estimate of drug-likeness (QED) is 0.187. The Morgan fingerprint density at radius 1 is 0.927 bits per heavy atom. The topological polar surface area (TPSA) is 73.7 Å². The van der Waals surface area contributed by atoms with E-state index in [0.717, 1.165) is 5.56 Å². The molecule has 4 aromatic carbocycles. The molecule has 8 heteroatoms. The van der Waals surface area contributed by atoms with Gasteiger partial charge in [-0.05, 0) is 59.1 Å². The molecule has 41 heavy (non-hydrogen) atoms. The van der Waals surface area contributed by atoms with Gasteiger partial charge in [-0.1, -0.05) is 60.7 Å². The molecule has 0 aliphatic heterocycles. The van der Waals surface area contributed by atoms with Gasteiger partial charge in [-0.3, -0.25) is 14.2 Å². The van der Waals surface area contributed by atoms with E-state index in [2.05, 4.69) is 15.9 Å². The number of halogens is 1. The Morgan fingerprint density at radius 3 is 2.27 bits per heavy atom. The largest absolute Gasteiger partial charge is 0.497 e. The summed E-state index contributed by atoms with van der Waals surface area (Å²) < 4.78 is 13.2. The van der Waals surface area contributed by atoms with Crippen molar-refractivity contribution in [3.8, 4) is 17.2 Å². The predicted octanol–water partition coefficient (Wildman–Crippen LogP) is 6.61. The van der Waals surface area contributed by atoms with Gasteiger partial charge < -0.3 is 14.4 Å². The number of ether oxygens (including phenoxy) is 2. The molecule has 1 heterocycles. The molecular weight excluding hydrogens is 582 g/mol. The van der Waals surface area contributed by atoms with Crippen LogP contribution in [0.2, 0.25) is 0 Å². The van der Waals surface area contributed by atoms with Gasteiger partial charge in [0.1, 0.15) is 17.3 Å². The average Bonchev–Trinajstić information content (AvgIpc) is 3.02. The third kappa shape index (κ3) is 5.74. The standard InChI is InChI=1S/C33H30BrN3O4/c1-22(36(19-18-23-12-6-4-7-13-23)32(38)24-14-8-5-9-15-24)31-35-27-17-11-10-16-26(27)33(39)37(31)28-20-25(40-2)21-29(41-3)30(28)34/h4-17,20-22H,18-19H2,1-3H3. The van der Waals surface area contributed by atoms with Crippen LogP contribution >= 0.6 is 15.9 Å². The predicted molar refractivity (Wildman–Crippen MR) is 164 cm³/mol. The van der Waals surface area contributed by atoms with Crippen molar-refractivity contribution in [3.63, 3.8) is 0 Å². The Morgan fingerprint density at radius 2 is 1.59 bits per heavy atom. The normalized spacial score (nSPS) is 11.7. The summed E-state index contributed by atoms with van der Waals surface area (Å²) in [5.41, 5.74) is 2.46. The minimum Gasteiger partial charge on any atom is -0.497 e. The molecule has 1 atom stereocenters. The monoisotopic (exact) mass is 611 g/mol. The summed E-state index contributed by atoms with van der Waals surface area (Å²) in [5, 5.41) is 0.461. The van der Waals surface area contributed by atoms with Crippen molar-refractivity contribution in [3.05, 3.63) is 129 Å². The van der Waals surface area contributed by atoms with E-state index < -0.39 is 6.04 Å². The van der Waals surface area contributed by atoms with Crippen molar-refractivity contribution in [2.75, 3.05) is 20.8 Å². The fourth-order valence-corrected chi connectivity index (χ4v) is 5.47. The molecule has 208 valence electrons. The minimum absolute atomic E-state index is 0.148. The minimum atomic E-state index is -0.576. The lowest BCUT2D eigenvalue weighted by atomic mass is 10.1. The highest BCUT2D eigenvalue weighted by Gasteiger charge is 2.29. The first-order valence-electron chi connectivity index (χ1n) is 13.3. The Balaban J connectivity index is 1.71. The highest BCUT2D eigenvalue weighted by atomic mass is 79.9. The van der Waals surface area contributed by atoms with Gasteiger partial charge in [0.05, 0.1) is 41.3 Å². The molecule has 1 amide bonds. The molecule has 5 aromatic rings. The summed E-state index contributed by atoms with van der Waals surface area (Å²) in [7, 11) is 3.11. The van der Waals surface area contributed by atoms with Crippen molar-refractivity contribution in [1.82, 2.24) is 14.5 Å². The molecule has 7 nitrogen and oxygen atoms in total. The molecule has 5 rings (SSSR count). The van der Waals surface area contributed by atoms with Crippen LogP contribution in [0.25, 0.3) is 16.6 Å². The van der Waals surface area contributed by atoms with Crippen LogP contribution in [-0.4, -0.2) is 41.1 Å². The lowest BCUT2D eigenvalue weighted by Crippen LogP contribution is -2.38. The fraction of sp³-hybridized carbons (Fsp3) is 0.182. The molecule has 0 bridgehead atoms. The first-order chi connectivity index (χ1) is 19.9. The zero-order valence-corrected chi connectivity index (χ0v) is 24.7. The Kier molecular flexibility index (Phi) is 8.50. The molecule has 0 aliphatic carbocycles. The number of nitrogens with zero attached hydrogens (tertiary/aromatic N) is 3. The maximum atomic E-state index is 14.2. The fourth-order valence-electron chi connectivity index (χ4n) is 4.90. The van der Waals surface area contributed by atoms with E-state index in [1.807, 2.05) is 73.7 Å². The number of benzene rings is 4. The van der Waals surface area contributed by atoms with Gasteiger partial charge in [0, 0.05) is 24.2 Å². The summed E-state index contributed by atoms with van der Waals surface area (Å²) in [6.07, 6.45) is 0.637. The van der Waals surface area contributed by atoms with E-state index in [9.17, 15) is 9.59 Å². The number of carbonyl (C=O) groups excluding carboxylic acids is 1.